The van der Waals surface area contributed by atoms with Crippen molar-refractivity contribution in [3.63, 3.8) is 0 Å². The van der Waals surface area contributed by atoms with E-state index in [1.807, 2.05) is 26.0 Å². The maximum Gasteiger partial charge on any atom is 0.140 e. The minimum atomic E-state index is 0.0890. The Labute approximate surface area is 126 Å². The molecule has 0 fully saturated rings. The molecule has 1 aliphatic carbocycles. The average Bonchev–Trinajstić information content (AvgIpc) is 2.41. The van der Waals surface area contributed by atoms with Gasteiger partial charge in [-0.15, -0.1) is 0 Å². The van der Waals surface area contributed by atoms with Crippen LogP contribution in [0.15, 0.2) is 36.4 Å². The molecule has 0 amide bonds. The molecule has 0 saturated heterocycles. The standard InChI is InChI=1S/C18H22N2O/c1-12(19)9-17-18(8-7-13(2)20-17)21-11-15-10-14-5-3-4-6-16(14)15/h3-8,12,15H,9-11,19H2,1-2H3. The van der Waals surface area contributed by atoms with Gasteiger partial charge in [-0.3, -0.25) is 4.98 Å². The monoisotopic (exact) mass is 282 g/mol. The third kappa shape index (κ3) is 3.08. The zero-order chi connectivity index (χ0) is 14.8. The van der Waals surface area contributed by atoms with Crippen molar-refractivity contribution in [2.24, 2.45) is 5.73 Å². The van der Waals surface area contributed by atoms with Crippen LogP contribution >= 0.6 is 0 Å². The van der Waals surface area contributed by atoms with E-state index in [0.29, 0.717) is 12.5 Å². The fraction of sp³-hybridized carbons (Fsp3) is 0.389. The van der Waals surface area contributed by atoms with Gasteiger partial charge >= 0.3 is 0 Å². The van der Waals surface area contributed by atoms with Crippen molar-refractivity contribution in [1.29, 1.82) is 0 Å². The Kier molecular flexibility index (Phi) is 3.93. The lowest BCUT2D eigenvalue weighted by atomic mass is 9.78. The minimum absolute atomic E-state index is 0.0890. The second-order valence-electron chi connectivity index (χ2n) is 5.99. The molecule has 0 radical (unpaired) electrons. The van der Waals surface area contributed by atoms with Gasteiger partial charge in [0, 0.05) is 24.1 Å². The number of ether oxygens (including phenoxy) is 1. The number of aryl methyl sites for hydroxylation is 1. The maximum atomic E-state index is 6.04. The summed E-state index contributed by atoms with van der Waals surface area (Å²) in [6.07, 6.45) is 1.86. The highest BCUT2D eigenvalue weighted by atomic mass is 16.5. The first kappa shape index (κ1) is 14.1. The number of hydrogen-bond donors (Lipinski definition) is 1. The first-order valence-corrected chi connectivity index (χ1v) is 7.56. The predicted molar refractivity (Wildman–Crippen MR) is 84.7 cm³/mol. The summed E-state index contributed by atoms with van der Waals surface area (Å²) in [5, 5.41) is 0. The van der Waals surface area contributed by atoms with Crippen molar-refractivity contribution in [3.05, 3.63) is 58.9 Å². The summed E-state index contributed by atoms with van der Waals surface area (Å²) in [4.78, 5) is 4.57. The predicted octanol–water partition coefficient (Wildman–Crippen LogP) is 3.00. The Morgan fingerprint density at radius 2 is 2.10 bits per heavy atom. The Bertz CT molecular complexity index is 637. The Morgan fingerprint density at radius 3 is 2.86 bits per heavy atom. The highest BCUT2D eigenvalue weighted by Gasteiger charge is 2.26. The number of aromatic nitrogens is 1. The molecule has 0 bridgehead atoms. The number of rotatable bonds is 5. The molecule has 1 heterocycles. The second-order valence-corrected chi connectivity index (χ2v) is 5.99. The molecule has 2 atom stereocenters. The van der Waals surface area contributed by atoms with Gasteiger partial charge < -0.3 is 10.5 Å². The summed E-state index contributed by atoms with van der Waals surface area (Å²) in [6, 6.07) is 12.7. The molecule has 2 unspecified atom stereocenters. The van der Waals surface area contributed by atoms with Gasteiger partial charge in [-0.05, 0) is 43.5 Å². The van der Waals surface area contributed by atoms with Crippen LogP contribution in [0, 0.1) is 6.92 Å². The molecule has 3 rings (SSSR count). The average molecular weight is 282 g/mol. The van der Waals surface area contributed by atoms with Crippen molar-refractivity contribution in [3.8, 4) is 5.75 Å². The number of pyridine rings is 1. The smallest absolute Gasteiger partial charge is 0.140 e. The molecule has 3 nitrogen and oxygen atoms in total. The topological polar surface area (TPSA) is 48.1 Å². The van der Waals surface area contributed by atoms with Crippen molar-refractivity contribution >= 4 is 0 Å². The lowest BCUT2D eigenvalue weighted by molar-refractivity contribution is 0.271. The zero-order valence-electron chi connectivity index (χ0n) is 12.7. The van der Waals surface area contributed by atoms with Gasteiger partial charge in [0.15, 0.2) is 0 Å². The molecule has 2 N–H and O–H groups in total. The van der Waals surface area contributed by atoms with E-state index in [1.54, 1.807) is 0 Å². The molecule has 0 aliphatic heterocycles. The molecule has 1 aliphatic rings. The molecule has 3 heteroatoms. The molecule has 21 heavy (non-hydrogen) atoms. The van der Waals surface area contributed by atoms with Crippen LogP contribution in [-0.2, 0) is 12.8 Å². The molecule has 1 aromatic carbocycles. The Balaban J connectivity index is 1.69. The number of nitrogens with zero attached hydrogens (tertiary/aromatic N) is 1. The normalized spacial score (nSPS) is 17.8. The van der Waals surface area contributed by atoms with Crippen LogP contribution in [0.4, 0.5) is 0 Å². The quantitative estimate of drug-likeness (QED) is 0.917. The highest BCUT2D eigenvalue weighted by Crippen LogP contribution is 2.35. The SMILES string of the molecule is Cc1ccc(OCC2Cc3ccccc32)c(CC(C)N)n1. The molecule has 0 saturated carbocycles. The van der Waals surface area contributed by atoms with Crippen LogP contribution in [0.2, 0.25) is 0 Å². The van der Waals surface area contributed by atoms with Crippen LogP contribution in [-0.4, -0.2) is 17.6 Å². The van der Waals surface area contributed by atoms with Crippen LogP contribution in [0.1, 0.15) is 35.4 Å². The molecule has 2 aromatic rings. The summed E-state index contributed by atoms with van der Waals surface area (Å²) in [5.41, 5.74) is 10.8. The summed E-state index contributed by atoms with van der Waals surface area (Å²) in [6.45, 7) is 4.71. The molecule has 0 spiro atoms. The van der Waals surface area contributed by atoms with Gasteiger partial charge in [0.2, 0.25) is 0 Å². The van der Waals surface area contributed by atoms with E-state index in [0.717, 1.165) is 30.0 Å². The van der Waals surface area contributed by atoms with E-state index in [4.69, 9.17) is 10.5 Å². The minimum Gasteiger partial charge on any atom is -0.491 e. The lowest BCUT2D eigenvalue weighted by Crippen LogP contribution is -2.24. The van der Waals surface area contributed by atoms with E-state index in [9.17, 15) is 0 Å². The maximum absolute atomic E-state index is 6.04. The highest BCUT2D eigenvalue weighted by molar-refractivity contribution is 5.40. The van der Waals surface area contributed by atoms with Crippen LogP contribution in [0.25, 0.3) is 0 Å². The first-order chi connectivity index (χ1) is 10.1. The van der Waals surface area contributed by atoms with E-state index in [1.165, 1.54) is 11.1 Å². The van der Waals surface area contributed by atoms with Crippen molar-refractivity contribution < 1.29 is 4.74 Å². The summed E-state index contributed by atoms with van der Waals surface area (Å²) in [7, 11) is 0. The zero-order valence-corrected chi connectivity index (χ0v) is 12.7. The van der Waals surface area contributed by atoms with Gasteiger partial charge in [0.05, 0.1) is 12.3 Å². The van der Waals surface area contributed by atoms with Crippen molar-refractivity contribution in [2.75, 3.05) is 6.61 Å². The molecule has 110 valence electrons. The fourth-order valence-electron chi connectivity index (χ4n) is 2.88. The van der Waals surface area contributed by atoms with Gasteiger partial charge in [-0.1, -0.05) is 24.3 Å². The van der Waals surface area contributed by atoms with Crippen LogP contribution in [0.3, 0.4) is 0 Å². The van der Waals surface area contributed by atoms with Crippen molar-refractivity contribution in [2.45, 2.75) is 38.6 Å². The number of fused-ring (bicyclic) bond motifs is 1. The Hall–Kier alpha value is -1.87. The van der Waals surface area contributed by atoms with E-state index < -0.39 is 0 Å². The fourth-order valence-corrected chi connectivity index (χ4v) is 2.88. The largest absolute Gasteiger partial charge is 0.491 e. The molecular formula is C18H22N2O. The molecular weight excluding hydrogens is 260 g/mol. The van der Waals surface area contributed by atoms with Gasteiger partial charge in [-0.25, -0.2) is 0 Å². The number of hydrogen-bond acceptors (Lipinski definition) is 3. The summed E-state index contributed by atoms with van der Waals surface area (Å²) < 4.78 is 6.04. The molecule has 1 aromatic heterocycles. The third-order valence-corrected chi connectivity index (χ3v) is 3.99. The first-order valence-electron chi connectivity index (χ1n) is 7.56. The third-order valence-electron chi connectivity index (χ3n) is 3.99. The summed E-state index contributed by atoms with van der Waals surface area (Å²) >= 11 is 0. The second kappa shape index (κ2) is 5.86. The Morgan fingerprint density at radius 1 is 1.29 bits per heavy atom. The van der Waals surface area contributed by atoms with Crippen LogP contribution < -0.4 is 10.5 Å². The van der Waals surface area contributed by atoms with E-state index in [2.05, 4.69) is 29.2 Å². The van der Waals surface area contributed by atoms with Gasteiger partial charge in [0.1, 0.15) is 5.75 Å². The lowest BCUT2D eigenvalue weighted by Gasteiger charge is -2.30. The summed E-state index contributed by atoms with van der Waals surface area (Å²) in [5.74, 6) is 1.38. The van der Waals surface area contributed by atoms with Crippen LogP contribution in [0.5, 0.6) is 5.75 Å². The number of nitrogens with two attached hydrogens (primary N) is 1. The van der Waals surface area contributed by atoms with E-state index in [-0.39, 0.29) is 6.04 Å². The number of benzene rings is 1. The van der Waals surface area contributed by atoms with Gasteiger partial charge in [0.25, 0.3) is 0 Å². The van der Waals surface area contributed by atoms with E-state index >= 15 is 0 Å². The van der Waals surface area contributed by atoms with Crippen molar-refractivity contribution in [1.82, 2.24) is 4.98 Å². The van der Waals surface area contributed by atoms with Gasteiger partial charge in [-0.2, -0.15) is 0 Å².